The third kappa shape index (κ3) is 8.44. The second-order valence-electron chi connectivity index (χ2n) is 4.73. The Morgan fingerprint density at radius 3 is 1.67 bits per heavy atom. The largest absolute Gasteiger partial charge is 0.465 e. The molecule has 0 saturated carbocycles. The van der Waals surface area contributed by atoms with E-state index >= 15 is 0 Å². The number of unbranched alkanes of at least 4 members (excludes halogenated alkanes) is 7. The number of carbonyl (C=O) groups excluding carboxylic acids is 1. The van der Waals surface area contributed by atoms with Crippen molar-refractivity contribution in [1.82, 2.24) is 0 Å². The van der Waals surface area contributed by atoms with Gasteiger partial charge in [0, 0.05) is 5.88 Å². The Hall–Kier alpha value is -0.590. The zero-order valence-corrected chi connectivity index (χ0v) is 12.4. The highest BCUT2D eigenvalue weighted by Crippen LogP contribution is 2.36. The predicted molar refractivity (Wildman–Crippen MR) is 69.6 cm³/mol. The zero-order chi connectivity index (χ0) is 16.4. The fourth-order valence-electron chi connectivity index (χ4n) is 1.63. The molecule has 0 rings (SSSR count). The van der Waals surface area contributed by atoms with Gasteiger partial charge in [-0.05, 0) is 12.8 Å². The van der Waals surface area contributed by atoms with Gasteiger partial charge in [-0.2, -0.15) is 22.0 Å². The van der Waals surface area contributed by atoms with Crippen LogP contribution in [0.2, 0.25) is 0 Å². The van der Waals surface area contributed by atoms with Crippen molar-refractivity contribution in [2.24, 2.45) is 0 Å². The van der Waals surface area contributed by atoms with E-state index in [4.69, 9.17) is 11.6 Å². The second-order valence-corrected chi connectivity index (χ2v) is 5.10. The molecule has 0 aliphatic heterocycles. The first-order valence-corrected chi connectivity index (χ1v) is 7.44. The van der Waals surface area contributed by atoms with Gasteiger partial charge in [-0.3, -0.25) is 0 Å². The number of hydrogen-bond donors (Lipinski definition) is 0. The number of alkyl halides is 6. The molecule has 8 heteroatoms. The Labute approximate surface area is 126 Å². The minimum Gasteiger partial charge on any atom is -0.461 e. The molecule has 0 aliphatic rings. The molecule has 21 heavy (non-hydrogen) atoms. The molecular weight excluding hydrogens is 319 g/mol. The molecule has 0 unspecified atom stereocenters. The van der Waals surface area contributed by atoms with E-state index in [-0.39, 0.29) is 6.42 Å². The van der Waals surface area contributed by atoms with Crippen molar-refractivity contribution in [2.45, 2.75) is 63.5 Å². The van der Waals surface area contributed by atoms with Crippen molar-refractivity contribution < 1.29 is 31.5 Å². The average Bonchev–Trinajstić information content (AvgIpc) is 2.39. The minimum absolute atomic E-state index is 0.279. The summed E-state index contributed by atoms with van der Waals surface area (Å²) in [5.74, 6) is -7.32. The van der Waals surface area contributed by atoms with Gasteiger partial charge in [-0.1, -0.05) is 38.5 Å². The molecule has 0 bridgehead atoms. The molecule has 2 nitrogen and oxygen atoms in total. The number of halogens is 6. The molecule has 0 spiro atoms. The van der Waals surface area contributed by atoms with Gasteiger partial charge in [0.1, 0.15) is 0 Å². The van der Waals surface area contributed by atoms with Crippen molar-refractivity contribution in [3.8, 4) is 0 Å². The lowest BCUT2D eigenvalue weighted by atomic mass is 10.1. The van der Waals surface area contributed by atoms with Crippen molar-refractivity contribution >= 4 is 17.6 Å². The molecule has 0 aromatic carbocycles. The average molecular weight is 339 g/mol. The van der Waals surface area contributed by atoms with E-state index in [1.165, 1.54) is 0 Å². The maximum absolute atomic E-state index is 12.5. The summed E-state index contributed by atoms with van der Waals surface area (Å²) in [4.78, 5) is 10.6. The van der Waals surface area contributed by atoms with Crippen molar-refractivity contribution in [1.29, 1.82) is 0 Å². The Morgan fingerprint density at radius 1 is 0.810 bits per heavy atom. The molecule has 0 atom stereocenters. The van der Waals surface area contributed by atoms with Gasteiger partial charge in [0.05, 0.1) is 6.61 Å². The summed E-state index contributed by atoms with van der Waals surface area (Å²) in [6.07, 6.45) is 0.915. The Balaban J connectivity index is 3.57. The van der Waals surface area contributed by atoms with Crippen LogP contribution in [-0.2, 0) is 9.53 Å². The van der Waals surface area contributed by atoms with E-state index in [2.05, 4.69) is 4.74 Å². The van der Waals surface area contributed by atoms with Crippen LogP contribution in [-0.4, -0.2) is 30.6 Å². The topological polar surface area (TPSA) is 26.3 Å². The zero-order valence-electron chi connectivity index (χ0n) is 11.7. The van der Waals surface area contributed by atoms with Crippen LogP contribution in [0.15, 0.2) is 0 Å². The van der Waals surface area contributed by atoms with Crippen molar-refractivity contribution in [2.75, 3.05) is 12.5 Å². The van der Waals surface area contributed by atoms with Gasteiger partial charge in [-0.25, -0.2) is 4.79 Å². The fourth-order valence-corrected chi connectivity index (χ4v) is 1.82. The lowest BCUT2D eigenvalue weighted by Gasteiger charge is -2.17. The minimum atomic E-state index is -5.91. The maximum atomic E-state index is 12.5. The number of rotatable bonds is 11. The van der Waals surface area contributed by atoms with E-state index in [0.29, 0.717) is 12.3 Å². The standard InChI is InChI=1S/C13H20ClF5O2/c14-9-7-5-3-1-2-4-6-8-10-21-11(20)12(15,16)13(17,18)19/h1-10H2. The second kappa shape index (κ2) is 10.2. The van der Waals surface area contributed by atoms with Crippen LogP contribution in [0.5, 0.6) is 0 Å². The lowest BCUT2D eigenvalue weighted by molar-refractivity contribution is -0.280. The first-order valence-electron chi connectivity index (χ1n) is 6.91. The Kier molecular flexibility index (Phi) is 9.90. The van der Waals surface area contributed by atoms with Crippen molar-refractivity contribution in [3.05, 3.63) is 0 Å². The smallest absolute Gasteiger partial charge is 0.461 e. The Morgan fingerprint density at radius 2 is 1.24 bits per heavy atom. The summed E-state index contributed by atoms with van der Waals surface area (Å²) >= 11 is 5.52. The molecule has 126 valence electrons. The molecule has 0 radical (unpaired) electrons. The van der Waals surface area contributed by atoms with Gasteiger partial charge in [0.15, 0.2) is 0 Å². The predicted octanol–water partition coefficient (Wildman–Crippen LogP) is 5.09. The van der Waals surface area contributed by atoms with Gasteiger partial charge in [0.25, 0.3) is 0 Å². The van der Waals surface area contributed by atoms with E-state index in [9.17, 15) is 26.7 Å². The monoisotopic (exact) mass is 338 g/mol. The summed E-state index contributed by atoms with van der Waals surface area (Å²) in [7, 11) is 0. The van der Waals surface area contributed by atoms with E-state index in [1.54, 1.807) is 0 Å². The number of hydrogen-bond acceptors (Lipinski definition) is 2. The van der Waals surface area contributed by atoms with Crippen LogP contribution in [0.4, 0.5) is 22.0 Å². The lowest BCUT2D eigenvalue weighted by Crippen LogP contribution is -2.45. The molecular formula is C13H20ClF5O2. The molecule has 0 aliphatic carbocycles. The van der Waals surface area contributed by atoms with Crippen LogP contribution in [0.3, 0.4) is 0 Å². The van der Waals surface area contributed by atoms with Crippen LogP contribution in [0.1, 0.15) is 51.4 Å². The highest BCUT2D eigenvalue weighted by atomic mass is 35.5. The molecule has 0 heterocycles. The molecule has 0 N–H and O–H groups in total. The first kappa shape index (κ1) is 20.4. The van der Waals surface area contributed by atoms with Gasteiger partial charge < -0.3 is 4.74 Å². The number of ether oxygens (including phenoxy) is 1. The first-order chi connectivity index (χ1) is 9.73. The van der Waals surface area contributed by atoms with Crippen LogP contribution in [0.25, 0.3) is 0 Å². The van der Waals surface area contributed by atoms with Crippen LogP contribution >= 0.6 is 11.6 Å². The summed E-state index contributed by atoms with van der Waals surface area (Å²) < 4.78 is 64.4. The van der Waals surface area contributed by atoms with Crippen molar-refractivity contribution in [3.63, 3.8) is 0 Å². The molecule has 0 fully saturated rings. The summed E-state index contributed by atoms with van der Waals surface area (Å²) in [5, 5.41) is 0. The highest BCUT2D eigenvalue weighted by molar-refractivity contribution is 6.17. The van der Waals surface area contributed by atoms with E-state index < -0.39 is 24.7 Å². The SMILES string of the molecule is O=C(OCCCCCCCCCCCl)C(F)(F)C(F)(F)F. The third-order valence-electron chi connectivity index (χ3n) is 2.87. The number of carbonyl (C=O) groups is 1. The van der Waals surface area contributed by atoms with Crippen LogP contribution < -0.4 is 0 Å². The molecule has 0 aromatic heterocycles. The molecule has 0 amide bonds. The summed E-state index contributed by atoms with van der Waals surface area (Å²) in [6, 6.07) is 0. The van der Waals surface area contributed by atoms with Gasteiger partial charge in [0.2, 0.25) is 0 Å². The molecule has 0 aromatic rings. The quantitative estimate of drug-likeness (QED) is 0.227. The maximum Gasteiger partial charge on any atom is 0.465 e. The van der Waals surface area contributed by atoms with E-state index in [1.807, 2.05) is 0 Å². The van der Waals surface area contributed by atoms with E-state index in [0.717, 1.165) is 38.5 Å². The summed E-state index contributed by atoms with van der Waals surface area (Å²) in [6.45, 7) is -0.420. The van der Waals surface area contributed by atoms with Crippen LogP contribution in [0, 0.1) is 0 Å². The van der Waals surface area contributed by atoms with Gasteiger partial charge >= 0.3 is 18.1 Å². The van der Waals surface area contributed by atoms with Gasteiger partial charge in [-0.15, -0.1) is 11.6 Å². The number of esters is 1. The summed E-state index contributed by atoms with van der Waals surface area (Å²) in [5.41, 5.74) is 0. The third-order valence-corrected chi connectivity index (χ3v) is 3.14. The fraction of sp³-hybridized carbons (Fsp3) is 0.923. The molecule has 0 saturated heterocycles. The normalized spacial score (nSPS) is 12.5. The Bertz CT molecular complexity index is 295. The highest BCUT2D eigenvalue weighted by Gasteiger charge is 2.64.